The molecule has 2 atom stereocenters. The second-order valence-corrected chi connectivity index (χ2v) is 5.87. The van der Waals surface area contributed by atoms with Crippen LogP contribution >= 0.6 is 0 Å². The summed E-state index contributed by atoms with van der Waals surface area (Å²) in [4.78, 5) is 14.4. The molecule has 2 fully saturated rings. The number of ether oxygens (including phenoxy) is 1. The number of carbonyl (C=O) groups excluding carboxylic acids is 1. The van der Waals surface area contributed by atoms with Crippen LogP contribution in [0, 0.1) is 5.92 Å². The van der Waals surface area contributed by atoms with Crippen LogP contribution in [-0.4, -0.2) is 49.7 Å². The molecule has 2 heterocycles. The van der Waals surface area contributed by atoms with Gasteiger partial charge in [-0.25, -0.2) is 0 Å². The number of hydrogen-bond acceptors (Lipinski definition) is 3. The zero-order valence-electron chi connectivity index (χ0n) is 12.2. The van der Waals surface area contributed by atoms with Gasteiger partial charge in [-0.1, -0.05) is 19.8 Å². The Morgan fingerprint density at radius 1 is 1.37 bits per heavy atom. The Morgan fingerprint density at radius 2 is 2.26 bits per heavy atom. The van der Waals surface area contributed by atoms with Crippen LogP contribution in [0.15, 0.2) is 0 Å². The van der Waals surface area contributed by atoms with Gasteiger partial charge in [-0.05, 0) is 25.2 Å². The molecule has 0 saturated carbocycles. The summed E-state index contributed by atoms with van der Waals surface area (Å²) < 4.78 is 5.62. The third kappa shape index (κ3) is 4.77. The van der Waals surface area contributed by atoms with Gasteiger partial charge in [0.1, 0.15) is 0 Å². The predicted octanol–water partition coefficient (Wildman–Crippen LogP) is 1.79. The molecule has 0 aromatic rings. The van der Waals surface area contributed by atoms with Crippen LogP contribution in [0.4, 0.5) is 0 Å². The molecule has 0 aromatic heterocycles. The molecule has 0 aromatic carbocycles. The highest BCUT2D eigenvalue weighted by atomic mass is 16.5. The molecule has 4 heteroatoms. The number of nitrogens with zero attached hydrogens (tertiary/aromatic N) is 1. The summed E-state index contributed by atoms with van der Waals surface area (Å²) in [5, 5.41) is 3.28. The van der Waals surface area contributed by atoms with Crippen molar-refractivity contribution < 1.29 is 9.53 Å². The van der Waals surface area contributed by atoms with E-state index in [9.17, 15) is 4.79 Å². The molecule has 2 rings (SSSR count). The average Bonchev–Trinajstić information content (AvgIpc) is 2.66. The normalized spacial score (nSPS) is 29.0. The largest absolute Gasteiger partial charge is 0.375 e. The molecule has 0 bridgehead atoms. The van der Waals surface area contributed by atoms with E-state index >= 15 is 0 Å². The summed E-state index contributed by atoms with van der Waals surface area (Å²) in [7, 11) is 0. The minimum absolute atomic E-state index is 0.0796. The summed E-state index contributed by atoms with van der Waals surface area (Å²) in [6.45, 7) is 6.60. The molecule has 0 spiro atoms. The van der Waals surface area contributed by atoms with E-state index in [1.54, 1.807) is 0 Å². The smallest absolute Gasteiger partial charge is 0.225 e. The van der Waals surface area contributed by atoms with Gasteiger partial charge >= 0.3 is 0 Å². The Bertz CT molecular complexity index is 277. The van der Waals surface area contributed by atoms with Crippen molar-refractivity contribution in [1.82, 2.24) is 10.2 Å². The van der Waals surface area contributed by atoms with Gasteiger partial charge in [0.25, 0.3) is 0 Å². The lowest BCUT2D eigenvalue weighted by atomic mass is 9.96. The first-order chi connectivity index (χ1) is 9.29. The topological polar surface area (TPSA) is 41.6 Å². The molecule has 110 valence electrons. The second-order valence-electron chi connectivity index (χ2n) is 5.87. The van der Waals surface area contributed by atoms with Crippen LogP contribution < -0.4 is 5.32 Å². The van der Waals surface area contributed by atoms with Crippen molar-refractivity contribution in [2.75, 3.05) is 32.8 Å². The number of rotatable bonds is 4. The van der Waals surface area contributed by atoms with E-state index < -0.39 is 0 Å². The number of amides is 1. The monoisotopic (exact) mass is 268 g/mol. The van der Waals surface area contributed by atoms with E-state index in [-0.39, 0.29) is 12.0 Å². The van der Waals surface area contributed by atoms with Gasteiger partial charge in [-0.3, -0.25) is 4.79 Å². The predicted molar refractivity (Wildman–Crippen MR) is 76.1 cm³/mol. The third-order valence-corrected chi connectivity index (χ3v) is 4.30. The van der Waals surface area contributed by atoms with E-state index in [1.165, 1.54) is 32.1 Å². The van der Waals surface area contributed by atoms with Crippen molar-refractivity contribution in [2.45, 2.75) is 51.6 Å². The fourth-order valence-corrected chi connectivity index (χ4v) is 3.19. The van der Waals surface area contributed by atoms with E-state index in [1.807, 2.05) is 0 Å². The van der Waals surface area contributed by atoms with Crippen molar-refractivity contribution in [2.24, 2.45) is 5.92 Å². The van der Waals surface area contributed by atoms with Crippen LogP contribution in [0.2, 0.25) is 0 Å². The first-order valence-electron chi connectivity index (χ1n) is 7.89. The van der Waals surface area contributed by atoms with E-state index in [4.69, 9.17) is 4.74 Å². The van der Waals surface area contributed by atoms with Crippen LogP contribution in [0.5, 0.6) is 0 Å². The molecule has 1 amide bonds. The Kier molecular flexibility index (Phi) is 6.11. The van der Waals surface area contributed by atoms with Crippen LogP contribution in [-0.2, 0) is 9.53 Å². The molecule has 2 unspecified atom stereocenters. The number of carbonyl (C=O) groups is 1. The Balaban J connectivity index is 1.75. The molecular formula is C15H28N2O2. The lowest BCUT2D eigenvalue weighted by Crippen LogP contribution is -2.42. The summed E-state index contributed by atoms with van der Waals surface area (Å²) in [5.41, 5.74) is 0. The maximum Gasteiger partial charge on any atom is 0.225 e. The minimum atomic E-state index is 0.0796. The standard InChI is InChI=1S/C15H28N2O2/c1-2-4-13-5-3-8-17(9-6-13)15(18)11-14-12-16-7-10-19-14/h13-14,16H,2-12H2,1H3. The van der Waals surface area contributed by atoms with Crippen LogP contribution in [0.3, 0.4) is 0 Å². The Morgan fingerprint density at radius 3 is 3.00 bits per heavy atom. The number of likely N-dealkylation sites (tertiary alicyclic amines) is 1. The van der Waals surface area contributed by atoms with Crippen molar-refractivity contribution in [3.8, 4) is 0 Å². The van der Waals surface area contributed by atoms with Crippen molar-refractivity contribution in [3.05, 3.63) is 0 Å². The molecule has 2 aliphatic heterocycles. The first-order valence-corrected chi connectivity index (χ1v) is 7.89. The summed E-state index contributed by atoms with van der Waals surface area (Å²) in [6, 6.07) is 0. The van der Waals surface area contributed by atoms with Gasteiger partial charge < -0.3 is 15.0 Å². The van der Waals surface area contributed by atoms with E-state index in [0.29, 0.717) is 6.42 Å². The highest BCUT2D eigenvalue weighted by Gasteiger charge is 2.24. The van der Waals surface area contributed by atoms with Gasteiger partial charge in [0.05, 0.1) is 19.1 Å². The molecule has 0 radical (unpaired) electrons. The Hall–Kier alpha value is -0.610. The SMILES string of the molecule is CCCC1CCCN(C(=O)CC2CNCCO2)CC1. The van der Waals surface area contributed by atoms with Crippen LogP contribution in [0.25, 0.3) is 0 Å². The fraction of sp³-hybridized carbons (Fsp3) is 0.933. The lowest BCUT2D eigenvalue weighted by Gasteiger charge is -2.27. The summed E-state index contributed by atoms with van der Waals surface area (Å²) in [5.74, 6) is 1.11. The lowest BCUT2D eigenvalue weighted by molar-refractivity contribution is -0.134. The summed E-state index contributed by atoms with van der Waals surface area (Å²) >= 11 is 0. The average molecular weight is 268 g/mol. The maximum atomic E-state index is 12.3. The van der Waals surface area contributed by atoms with E-state index in [0.717, 1.165) is 38.7 Å². The second kappa shape index (κ2) is 7.85. The van der Waals surface area contributed by atoms with Gasteiger partial charge in [0, 0.05) is 26.2 Å². The van der Waals surface area contributed by atoms with Gasteiger partial charge in [-0.2, -0.15) is 0 Å². The van der Waals surface area contributed by atoms with Crippen LogP contribution in [0.1, 0.15) is 45.4 Å². The molecule has 1 N–H and O–H groups in total. The van der Waals surface area contributed by atoms with Crippen molar-refractivity contribution >= 4 is 5.91 Å². The highest BCUT2D eigenvalue weighted by molar-refractivity contribution is 5.76. The molecule has 2 aliphatic rings. The molecular weight excluding hydrogens is 240 g/mol. The molecule has 2 saturated heterocycles. The molecule has 4 nitrogen and oxygen atoms in total. The maximum absolute atomic E-state index is 12.3. The van der Waals surface area contributed by atoms with Gasteiger partial charge in [0.2, 0.25) is 5.91 Å². The fourth-order valence-electron chi connectivity index (χ4n) is 3.19. The Labute approximate surface area is 116 Å². The minimum Gasteiger partial charge on any atom is -0.375 e. The molecule has 19 heavy (non-hydrogen) atoms. The zero-order chi connectivity index (χ0) is 13.5. The van der Waals surface area contributed by atoms with Gasteiger partial charge in [0.15, 0.2) is 0 Å². The number of hydrogen-bond donors (Lipinski definition) is 1. The van der Waals surface area contributed by atoms with Crippen molar-refractivity contribution in [3.63, 3.8) is 0 Å². The molecule has 0 aliphatic carbocycles. The summed E-state index contributed by atoms with van der Waals surface area (Å²) in [6.07, 6.45) is 6.85. The third-order valence-electron chi connectivity index (χ3n) is 4.30. The first kappa shape index (κ1) is 14.8. The van der Waals surface area contributed by atoms with E-state index in [2.05, 4.69) is 17.1 Å². The quantitative estimate of drug-likeness (QED) is 0.845. The zero-order valence-corrected chi connectivity index (χ0v) is 12.2. The van der Waals surface area contributed by atoms with Gasteiger partial charge in [-0.15, -0.1) is 0 Å². The number of morpholine rings is 1. The van der Waals surface area contributed by atoms with Crippen molar-refractivity contribution in [1.29, 1.82) is 0 Å². The highest BCUT2D eigenvalue weighted by Crippen LogP contribution is 2.22. The number of nitrogens with one attached hydrogen (secondary N) is 1.